The van der Waals surface area contributed by atoms with Crippen molar-refractivity contribution in [3.63, 3.8) is 0 Å². The van der Waals surface area contributed by atoms with Gasteiger partial charge in [-0.15, -0.1) is 11.8 Å². The first-order valence-corrected chi connectivity index (χ1v) is 9.26. The maximum absolute atomic E-state index is 12.3. The minimum absolute atomic E-state index is 0.0306. The van der Waals surface area contributed by atoms with E-state index in [0.29, 0.717) is 24.9 Å². The van der Waals surface area contributed by atoms with E-state index < -0.39 is 0 Å². The summed E-state index contributed by atoms with van der Waals surface area (Å²) in [5.41, 5.74) is 1.22. The summed E-state index contributed by atoms with van der Waals surface area (Å²) < 4.78 is 10.8. The van der Waals surface area contributed by atoms with Crippen molar-refractivity contribution in [3.8, 4) is 5.75 Å². The summed E-state index contributed by atoms with van der Waals surface area (Å²) in [5, 5.41) is 3.12. The van der Waals surface area contributed by atoms with Gasteiger partial charge in [0.2, 0.25) is 5.91 Å². The lowest BCUT2D eigenvalue weighted by Gasteiger charge is -2.19. The molecule has 0 spiro atoms. The van der Waals surface area contributed by atoms with Gasteiger partial charge in [0, 0.05) is 23.2 Å². The lowest BCUT2D eigenvalue weighted by molar-refractivity contribution is -0.119. The quantitative estimate of drug-likeness (QED) is 0.771. The normalized spacial score (nSPS) is 19.6. The number of methoxy groups -OCH3 is 1. The van der Waals surface area contributed by atoms with Crippen molar-refractivity contribution in [2.75, 3.05) is 26.1 Å². The van der Waals surface area contributed by atoms with Crippen molar-refractivity contribution in [1.29, 1.82) is 0 Å². The molecule has 1 aliphatic rings. The third-order valence-corrected chi connectivity index (χ3v) is 5.20. The number of nitrogens with one attached hydrogen (secondary N) is 1. The number of aromatic nitrogens is 1. The Morgan fingerprint density at radius 1 is 1.32 bits per heavy atom. The van der Waals surface area contributed by atoms with Crippen molar-refractivity contribution >= 4 is 17.7 Å². The Bertz CT molecular complexity index is 696. The van der Waals surface area contributed by atoms with Gasteiger partial charge in [0.15, 0.2) is 0 Å². The molecule has 2 aromatic rings. The second-order valence-electron chi connectivity index (χ2n) is 6.00. The SMILES string of the molecule is COc1cccc(SCC(=O)N[C@@H]2COC[C@H]2Cc2ccncc2)c1. The fourth-order valence-corrected chi connectivity index (χ4v) is 3.62. The first-order valence-electron chi connectivity index (χ1n) is 8.27. The molecule has 1 aromatic carbocycles. The van der Waals surface area contributed by atoms with Gasteiger partial charge in [0.05, 0.1) is 32.1 Å². The summed E-state index contributed by atoms with van der Waals surface area (Å²) in [7, 11) is 1.64. The van der Waals surface area contributed by atoms with E-state index in [4.69, 9.17) is 9.47 Å². The molecule has 1 aliphatic heterocycles. The van der Waals surface area contributed by atoms with Crippen LogP contribution in [0.25, 0.3) is 0 Å². The third kappa shape index (κ3) is 5.21. The van der Waals surface area contributed by atoms with Crippen LogP contribution in [0.15, 0.2) is 53.7 Å². The summed E-state index contributed by atoms with van der Waals surface area (Å²) in [5.74, 6) is 1.51. The Balaban J connectivity index is 1.49. The maximum atomic E-state index is 12.3. The molecular weight excluding hydrogens is 336 g/mol. The lowest BCUT2D eigenvalue weighted by Crippen LogP contribution is -2.41. The molecule has 0 aliphatic carbocycles. The lowest BCUT2D eigenvalue weighted by atomic mass is 9.95. The predicted octanol–water partition coefficient (Wildman–Crippen LogP) is 2.56. The fourth-order valence-electron chi connectivity index (χ4n) is 2.87. The molecule has 25 heavy (non-hydrogen) atoms. The second kappa shape index (κ2) is 8.87. The highest BCUT2D eigenvalue weighted by Gasteiger charge is 2.29. The van der Waals surface area contributed by atoms with Crippen molar-refractivity contribution in [2.45, 2.75) is 17.4 Å². The second-order valence-corrected chi connectivity index (χ2v) is 7.05. The Morgan fingerprint density at radius 3 is 2.96 bits per heavy atom. The Hall–Kier alpha value is -2.05. The standard InChI is InChI=1S/C19H22N2O3S/c1-23-16-3-2-4-17(10-16)25-13-19(22)21-18-12-24-11-15(18)9-14-5-7-20-8-6-14/h2-8,10,15,18H,9,11-13H2,1H3,(H,21,22)/t15-,18-/m1/s1. The van der Waals surface area contributed by atoms with Gasteiger partial charge in [-0.1, -0.05) is 6.07 Å². The van der Waals surface area contributed by atoms with Crippen LogP contribution in [-0.2, 0) is 16.0 Å². The number of thioether (sulfide) groups is 1. The van der Waals surface area contributed by atoms with Crippen LogP contribution in [0, 0.1) is 5.92 Å². The smallest absolute Gasteiger partial charge is 0.230 e. The highest BCUT2D eigenvalue weighted by atomic mass is 32.2. The number of pyridine rings is 1. The van der Waals surface area contributed by atoms with Crippen LogP contribution in [0.5, 0.6) is 5.75 Å². The van der Waals surface area contributed by atoms with Crippen molar-refractivity contribution < 1.29 is 14.3 Å². The summed E-state index contributed by atoms with van der Waals surface area (Å²) in [6, 6.07) is 11.8. The average Bonchev–Trinajstić information content (AvgIpc) is 3.07. The molecule has 1 N–H and O–H groups in total. The Labute approximate surface area is 152 Å². The Morgan fingerprint density at radius 2 is 2.16 bits per heavy atom. The van der Waals surface area contributed by atoms with Crippen molar-refractivity contribution in [1.82, 2.24) is 10.3 Å². The molecule has 0 unspecified atom stereocenters. The van der Waals surface area contributed by atoms with Crippen molar-refractivity contribution in [3.05, 3.63) is 54.4 Å². The monoisotopic (exact) mass is 358 g/mol. The van der Waals surface area contributed by atoms with Crippen LogP contribution >= 0.6 is 11.8 Å². The number of amides is 1. The number of rotatable bonds is 7. The number of ether oxygens (including phenoxy) is 2. The minimum Gasteiger partial charge on any atom is -0.497 e. The summed E-state index contributed by atoms with van der Waals surface area (Å²) in [6.07, 6.45) is 4.48. The number of nitrogens with zero attached hydrogens (tertiary/aromatic N) is 1. The molecule has 1 saturated heterocycles. The van der Waals surface area contributed by atoms with E-state index in [0.717, 1.165) is 17.1 Å². The van der Waals surface area contributed by atoms with Gasteiger partial charge in [-0.05, 0) is 42.3 Å². The maximum Gasteiger partial charge on any atom is 0.230 e. The Kier molecular flexibility index (Phi) is 6.30. The number of benzene rings is 1. The van der Waals surface area contributed by atoms with E-state index in [1.165, 1.54) is 17.3 Å². The van der Waals surface area contributed by atoms with Gasteiger partial charge < -0.3 is 14.8 Å². The zero-order valence-corrected chi connectivity index (χ0v) is 15.0. The molecule has 2 heterocycles. The van der Waals surface area contributed by atoms with E-state index in [9.17, 15) is 4.79 Å². The molecule has 0 bridgehead atoms. The molecule has 1 fully saturated rings. The average molecular weight is 358 g/mol. The summed E-state index contributed by atoms with van der Waals surface area (Å²) >= 11 is 1.51. The molecule has 1 amide bonds. The van der Waals surface area contributed by atoms with E-state index in [1.807, 2.05) is 36.4 Å². The van der Waals surface area contributed by atoms with E-state index in [-0.39, 0.29) is 11.9 Å². The fraction of sp³-hybridized carbons (Fsp3) is 0.368. The number of carbonyl (C=O) groups is 1. The van der Waals surface area contributed by atoms with Crippen LogP contribution in [0.3, 0.4) is 0 Å². The van der Waals surface area contributed by atoms with Gasteiger partial charge in [-0.25, -0.2) is 0 Å². The molecule has 1 aromatic heterocycles. The van der Waals surface area contributed by atoms with Crippen LogP contribution in [0.2, 0.25) is 0 Å². The van der Waals surface area contributed by atoms with Gasteiger partial charge in [0.1, 0.15) is 5.75 Å². The molecule has 5 nitrogen and oxygen atoms in total. The molecule has 2 atom stereocenters. The number of carbonyl (C=O) groups excluding carboxylic acids is 1. The highest BCUT2D eigenvalue weighted by molar-refractivity contribution is 8.00. The van der Waals surface area contributed by atoms with Gasteiger partial charge >= 0.3 is 0 Å². The van der Waals surface area contributed by atoms with Crippen LogP contribution in [-0.4, -0.2) is 43.0 Å². The zero-order valence-electron chi connectivity index (χ0n) is 14.2. The van der Waals surface area contributed by atoms with Crippen LogP contribution < -0.4 is 10.1 Å². The summed E-state index contributed by atoms with van der Waals surface area (Å²) in [4.78, 5) is 17.4. The third-order valence-electron chi connectivity index (χ3n) is 4.20. The first kappa shape index (κ1) is 17.8. The topological polar surface area (TPSA) is 60.5 Å². The molecule has 6 heteroatoms. The molecule has 3 rings (SSSR count). The molecule has 0 saturated carbocycles. The predicted molar refractivity (Wildman–Crippen MR) is 97.9 cm³/mol. The molecular formula is C19H22N2O3S. The minimum atomic E-state index is 0.0306. The summed E-state index contributed by atoms with van der Waals surface area (Å²) in [6.45, 7) is 1.25. The van der Waals surface area contributed by atoms with E-state index in [1.54, 1.807) is 19.5 Å². The van der Waals surface area contributed by atoms with Gasteiger partial charge in [-0.3, -0.25) is 9.78 Å². The first-order chi connectivity index (χ1) is 12.2. The van der Waals surface area contributed by atoms with Crippen LogP contribution in [0.4, 0.5) is 0 Å². The largest absolute Gasteiger partial charge is 0.497 e. The van der Waals surface area contributed by atoms with Crippen LogP contribution in [0.1, 0.15) is 5.56 Å². The van der Waals surface area contributed by atoms with Gasteiger partial charge in [-0.2, -0.15) is 0 Å². The van der Waals surface area contributed by atoms with E-state index in [2.05, 4.69) is 10.3 Å². The van der Waals surface area contributed by atoms with Gasteiger partial charge in [0.25, 0.3) is 0 Å². The number of hydrogen-bond acceptors (Lipinski definition) is 5. The molecule has 132 valence electrons. The molecule has 0 radical (unpaired) electrons. The van der Waals surface area contributed by atoms with E-state index >= 15 is 0 Å². The van der Waals surface area contributed by atoms with Crippen molar-refractivity contribution in [2.24, 2.45) is 5.92 Å². The number of hydrogen-bond donors (Lipinski definition) is 1. The highest BCUT2D eigenvalue weighted by Crippen LogP contribution is 2.23. The zero-order chi connectivity index (χ0) is 17.5.